The van der Waals surface area contributed by atoms with Gasteiger partial charge in [0.05, 0.1) is 5.69 Å². The fraction of sp³-hybridized carbons (Fsp3) is 0.467. The molecule has 2 aromatic heterocycles. The highest BCUT2D eigenvalue weighted by atomic mass is 32.2. The van der Waals surface area contributed by atoms with Crippen LogP contribution in [0.3, 0.4) is 0 Å². The fourth-order valence-corrected chi connectivity index (χ4v) is 5.38. The van der Waals surface area contributed by atoms with E-state index in [-0.39, 0.29) is 48.5 Å². The van der Waals surface area contributed by atoms with Crippen molar-refractivity contribution in [1.82, 2.24) is 19.0 Å². The minimum atomic E-state index is -3.54. The van der Waals surface area contributed by atoms with Gasteiger partial charge in [-0.3, -0.25) is 9.48 Å². The highest BCUT2D eigenvalue weighted by Crippen LogP contribution is 2.23. The van der Waals surface area contributed by atoms with Crippen molar-refractivity contribution in [1.29, 1.82) is 0 Å². The Kier molecular flexibility index (Phi) is 5.39. The van der Waals surface area contributed by atoms with Crippen LogP contribution in [0.4, 0.5) is 8.78 Å². The van der Waals surface area contributed by atoms with Crippen molar-refractivity contribution in [3.05, 3.63) is 35.0 Å². The van der Waals surface area contributed by atoms with Crippen molar-refractivity contribution in [3.63, 3.8) is 0 Å². The molecule has 0 saturated carbocycles. The molecule has 3 rings (SSSR count). The van der Waals surface area contributed by atoms with Crippen LogP contribution in [0.1, 0.15) is 17.8 Å². The zero-order chi connectivity index (χ0) is 18.9. The molecule has 0 atom stereocenters. The Morgan fingerprint density at radius 1 is 1.31 bits per heavy atom. The number of sulfonamides is 1. The van der Waals surface area contributed by atoms with Crippen molar-refractivity contribution in [2.75, 3.05) is 26.2 Å². The predicted molar refractivity (Wildman–Crippen MR) is 91.6 cm³/mol. The third-order valence-electron chi connectivity index (χ3n) is 4.12. The summed E-state index contributed by atoms with van der Waals surface area (Å²) >= 11 is 1.15. The quantitative estimate of drug-likeness (QED) is 0.761. The van der Waals surface area contributed by atoms with Crippen LogP contribution in [-0.2, 0) is 21.4 Å². The molecule has 1 aliphatic rings. The maximum Gasteiger partial charge on any atom is 0.280 e. The van der Waals surface area contributed by atoms with Gasteiger partial charge < -0.3 is 4.90 Å². The lowest BCUT2D eigenvalue weighted by Gasteiger charge is -2.33. The highest BCUT2D eigenvalue weighted by Gasteiger charge is 2.31. The summed E-state index contributed by atoms with van der Waals surface area (Å²) in [6.07, 6.45) is -2.71. The Morgan fingerprint density at radius 3 is 2.58 bits per heavy atom. The number of carbonyl (C=O) groups excluding carboxylic acids is 1. The second-order valence-corrected chi connectivity index (χ2v) is 9.00. The first-order valence-electron chi connectivity index (χ1n) is 7.93. The van der Waals surface area contributed by atoms with Crippen LogP contribution in [-0.4, -0.2) is 59.5 Å². The van der Waals surface area contributed by atoms with Gasteiger partial charge in [0, 0.05) is 26.2 Å². The van der Waals surface area contributed by atoms with Gasteiger partial charge in [0.25, 0.3) is 16.4 Å². The second kappa shape index (κ2) is 7.41. The molecule has 0 aromatic carbocycles. The first kappa shape index (κ1) is 18.9. The smallest absolute Gasteiger partial charge is 0.280 e. The third-order valence-corrected chi connectivity index (χ3v) is 7.39. The predicted octanol–water partition coefficient (Wildman–Crippen LogP) is 1.72. The van der Waals surface area contributed by atoms with Gasteiger partial charge >= 0.3 is 0 Å². The van der Waals surface area contributed by atoms with Crippen molar-refractivity contribution in [2.24, 2.45) is 0 Å². The summed E-state index contributed by atoms with van der Waals surface area (Å²) in [5.74, 6) is -0.358. The van der Waals surface area contributed by atoms with Crippen LogP contribution < -0.4 is 0 Å². The average molecular weight is 404 g/mol. The molecule has 0 unspecified atom stereocenters. The maximum atomic E-state index is 13.0. The zero-order valence-corrected chi connectivity index (χ0v) is 15.6. The van der Waals surface area contributed by atoms with E-state index in [4.69, 9.17) is 0 Å². The van der Waals surface area contributed by atoms with Gasteiger partial charge in [0.1, 0.15) is 16.4 Å². The van der Waals surface area contributed by atoms with Crippen molar-refractivity contribution in [3.8, 4) is 0 Å². The molecular weight excluding hydrogens is 386 g/mol. The number of aromatic nitrogens is 2. The number of amides is 1. The molecule has 26 heavy (non-hydrogen) atoms. The monoisotopic (exact) mass is 404 g/mol. The average Bonchev–Trinajstić information content (AvgIpc) is 3.25. The van der Waals surface area contributed by atoms with Gasteiger partial charge in [-0.2, -0.15) is 9.40 Å². The number of thiophene rings is 1. The molecule has 1 amide bonds. The van der Waals surface area contributed by atoms with E-state index < -0.39 is 16.4 Å². The maximum absolute atomic E-state index is 13.0. The van der Waals surface area contributed by atoms with E-state index in [1.165, 1.54) is 15.3 Å². The van der Waals surface area contributed by atoms with Crippen molar-refractivity contribution < 1.29 is 22.0 Å². The van der Waals surface area contributed by atoms with Gasteiger partial charge in [0.15, 0.2) is 0 Å². The second-order valence-electron chi connectivity index (χ2n) is 5.89. The van der Waals surface area contributed by atoms with E-state index in [9.17, 15) is 22.0 Å². The number of nitrogens with zero attached hydrogens (tertiary/aromatic N) is 4. The van der Waals surface area contributed by atoms with Gasteiger partial charge in [-0.05, 0) is 24.4 Å². The van der Waals surface area contributed by atoms with Crippen molar-refractivity contribution in [2.45, 2.75) is 24.1 Å². The van der Waals surface area contributed by atoms with E-state index in [0.717, 1.165) is 16.0 Å². The van der Waals surface area contributed by atoms with Crippen LogP contribution in [0.15, 0.2) is 27.8 Å². The molecule has 0 aliphatic carbocycles. The number of carbonyl (C=O) groups is 1. The minimum absolute atomic E-state index is 0.172. The van der Waals surface area contributed by atoms with Crippen LogP contribution in [0.5, 0.6) is 0 Å². The summed E-state index contributed by atoms with van der Waals surface area (Å²) in [5.41, 5.74) is 0.120. The lowest BCUT2D eigenvalue weighted by molar-refractivity contribution is -0.133. The molecule has 0 bridgehead atoms. The standard InChI is InChI=1S/C15H18F2N4O3S2/c1-11-9-12(15(16)17)21(18-11)10-13(22)19-4-6-20(7-5-19)26(23,24)14-3-2-8-25-14/h2-3,8-9,15H,4-7,10H2,1H3. The molecular formula is C15H18F2N4O3S2. The SMILES string of the molecule is Cc1cc(C(F)F)n(CC(=O)N2CCN(S(=O)(=O)c3cccs3)CC2)n1. The largest absolute Gasteiger partial charge is 0.338 e. The van der Waals surface area contributed by atoms with E-state index >= 15 is 0 Å². The topological polar surface area (TPSA) is 75.5 Å². The molecule has 3 heterocycles. The van der Waals surface area contributed by atoms with Gasteiger partial charge in [-0.25, -0.2) is 17.2 Å². The molecule has 142 valence electrons. The van der Waals surface area contributed by atoms with Crippen LogP contribution in [0.2, 0.25) is 0 Å². The summed E-state index contributed by atoms with van der Waals surface area (Å²) in [6.45, 7) is 2.07. The van der Waals surface area contributed by atoms with Crippen molar-refractivity contribution >= 4 is 27.3 Å². The Bertz CT molecular complexity index is 873. The van der Waals surface area contributed by atoms with E-state index in [2.05, 4.69) is 5.10 Å². The first-order chi connectivity index (χ1) is 12.3. The summed E-state index contributed by atoms with van der Waals surface area (Å²) in [7, 11) is -3.54. The molecule has 0 N–H and O–H groups in total. The summed E-state index contributed by atoms with van der Waals surface area (Å²) in [4.78, 5) is 13.9. The minimum Gasteiger partial charge on any atom is -0.338 e. The number of aryl methyl sites for hydroxylation is 1. The Balaban J connectivity index is 1.62. The van der Waals surface area contributed by atoms with Crippen LogP contribution >= 0.6 is 11.3 Å². The van der Waals surface area contributed by atoms with Crippen LogP contribution in [0.25, 0.3) is 0 Å². The first-order valence-corrected chi connectivity index (χ1v) is 10.2. The lowest BCUT2D eigenvalue weighted by Crippen LogP contribution is -2.51. The molecule has 1 fully saturated rings. The number of hydrogen-bond donors (Lipinski definition) is 0. The molecule has 11 heteroatoms. The summed E-state index contributed by atoms with van der Waals surface area (Å²) < 4.78 is 53.6. The molecule has 1 aliphatic heterocycles. The zero-order valence-electron chi connectivity index (χ0n) is 14.0. The Morgan fingerprint density at radius 2 is 2.00 bits per heavy atom. The Labute approximate surface area is 153 Å². The molecule has 1 saturated heterocycles. The Hall–Kier alpha value is -1.85. The van der Waals surface area contributed by atoms with Crippen LogP contribution in [0, 0.1) is 6.92 Å². The normalized spacial score (nSPS) is 16.4. The van der Waals surface area contributed by atoms with E-state index in [1.807, 2.05) is 0 Å². The molecule has 0 spiro atoms. The number of rotatable bonds is 5. The number of alkyl halides is 2. The highest BCUT2D eigenvalue weighted by molar-refractivity contribution is 7.91. The lowest BCUT2D eigenvalue weighted by atomic mass is 10.3. The van der Waals surface area contributed by atoms with E-state index in [1.54, 1.807) is 24.4 Å². The van der Waals surface area contributed by atoms with Gasteiger partial charge in [0.2, 0.25) is 5.91 Å². The summed E-state index contributed by atoms with van der Waals surface area (Å²) in [5, 5.41) is 5.63. The molecule has 7 nitrogen and oxygen atoms in total. The third kappa shape index (κ3) is 3.79. The summed E-state index contributed by atoms with van der Waals surface area (Å²) in [6, 6.07) is 4.47. The number of hydrogen-bond acceptors (Lipinski definition) is 5. The number of piperazine rings is 1. The molecule has 0 radical (unpaired) electrons. The van der Waals surface area contributed by atoms with Gasteiger partial charge in [-0.15, -0.1) is 11.3 Å². The van der Waals surface area contributed by atoms with Gasteiger partial charge in [-0.1, -0.05) is 6.07 Å². The fourth-order valence-electron chi connectivity index (χ4n) is 2.81. The number of halogens is 2. The van der Waals surface area contributed by atoms with E-state index in [0.29, 0.717) is 5.69 Å². The molecule has 2 aromatic rings.